The predicted molar refractivity (Wildman–Crippen MR) is 96.0 cm³/mol. The number of carbonyl (C=O) groups is 1. The molecule has 0 aliphatic rings. The molecule has 2 aromatic carbocycles. The molecule has 1 atom stereocenters. The Morgan fingerprint density at radius 2 is 1.92 bits per heavy atom. The fraction of sp³-hybridized carbons (Fsp3) is 0.316. The fourth-order valence-corrected chi connectivity index (χ4v) is 2.31. The van der Waals surface area contributed by atoms with Gasteiger partial charge in [0, 0.05) is 0 Å². The lowest BCUT2D eigenvalue weighted by atomic mass is 10.1. The summed E-state index contributed by atoms with van der Waals surface area (Å²) >= 11 is 6.02. The third kappa shape index (κ3) is 5.17. The second-order valence-electron chi connectivity index (χ2n) is 5.60. The Kier molecular flexibility index (Phi) is 6.50. The van der Waals surface area contributed by atoms with Gasteiger partial charge in [-0.25, -0.2) is 0 Å². The first-order valence-corrected chi connectivity index (χ1v) is 8.24. The van der Waals surface area contributed by atoms with Crippen LogP contribution >= 0.6 is 11.6 Å². The maximum Gasteiger partial charge on any atom is 0.260 e. The first-order valence-electron chi connectivity index (χ1n) is 7.86. The summed E-state index contributed by atoms with van der Waals surface area (Å²) in [5, 5.41) is 3.28. The highest BCUT2D eigenvalue weighted by atomic mass is 35.5. The van der Waals surface area contributed by atoms with E-state index >= 15 is 0 Å². The number of halogens is 1. The molecule has 0 fully saturated rings. The van der Waals surface area contributed by atoms with Crippen LogP contribution < -0.4 is 14.8 Å². The van der Waals surface area contributed by atoms with Gasteiger partial charge in [0.2, 0.25) is 0 Å². The highest BCUT2D eigenvalue weighted by Crippen LogP contribution is 2.24. The standard InChI is InChI=1S/C19H22ClNO3/c1-13-8-9-14(2)18(12-13)23-11-10-21-19(22)15(3)24-17-7-5-4-6-16(17)20/h4-9,12,15H,10-11H2,1-3H3,(H,21,22)/t15-/m1/s1. The lowest BCUT2D eigenvalue weighted by Gasteiger charge is -2.16. The number of hydrogen-bond acceptors (Lipinski definition) is 3. The summed E-state index contributed by atoms with van der Waals surface area (Å²) in [4.78, 5) is 12.1. The Labute approximate surface area is 147 Å². The monoisotopic (exact) mass is 347 g/mol. The highest BCUT2D eigenvalue weighted by Gasteiger charge is 2.15. The maximum absolute atomic E-state index is 12.1. The lowest BCUT2D eigenvalue weighted by molar-refractivity contribution is -0.127. The minimum absolute atomic E-state index is 0.209. The van der Waals surface area contributed by atoms with Crippen molar-refractivity contribution in [1.29, 1.82) is 0 Å². The van der Waals surface area contributed by atoms with Gasteiger partial charge in [-0.15, -0.1) is 0 Å². The van der Waals surface area contributed by atoms with Gasteiger partial charge >= 0.3 is 0 Å². The van der Waals surface area contributed by atoms with Crippen LogP contribution in [0.25, 0.3) is 0 Å². The molecule has 2 aromatic rings. The molecule has 0 saturated heterocycles. The topological polar surface area (TPSA) is 47.6 Å². The summed E-state index contributed by atoms with van der Waals surface area (Å²) in [6.07, 6.45) is -0.634. The molecule has 0 bridgehead atoms. The third-order valence-corrected chi connectivity index (χ3v) is 3.82. The number of ether oxygens (including phenoxy) is 2. The minimum atomic E-state index is -0.634. The van der Waals surface area contributed by atoms with Crippen LogP contribution in [0.3, 0.4) is 0 Å². The number of carbonyl (C=O) groups excluding carboxylic acids is 1. The Hall–Kier alpha value is -2.20. The molecule has 4 nitrogen and oxygen atoms in total. The molecule has 0 spiro atoms. The number of benzene rings is 2. The van der Waals surface area contributed by atoms with Gasteiger partial charge in [-0.1, -0.05) is 35.9 Å². The van der Waals surface area contributed by atoms with Gasteiger partial charge < -0.3 is 14.8 Å². The van der Waals surface area contributed by atoms with Gasteiger partial charge in [-0.2, -0.15) is 0 Å². The Morgan fingerprint density at radius 3 is 2.67 bits per heavy atom. The van der Waals surface area contributed by atoms with Crippen molar-refractivity contribution in [3.8, 4) is 11.5 Å². The first-order chi connectivity index (χ1) is 11.5. The average molecular weight is 348 g/mol. The summed E-state index contributed by atoms with van der Waals surface area (Å²) < 4.78 is 11.3. The van der Waals surface area contributed by atoms with Gasteiger partial charge in [0.05, 0.1) is 11.6 Å². The van der Waals surface area contributed by atoms with Crippen molar-refractivity contribution in [1.82, 2.24) is 5.32 Å². The van der Waals surface area contributed by atoms with Gasteiger partial charge in [0.1, 0.15) is 18.1 Å². The van der Waals surface area contributed by atoms with Crippen molar-refractivity contribution < 1.29 is 14.3 Å². The smallest absolute Gasteiger partial charge is 0.260 e. The van der Waals surface area contributed by atoms with E-state index in [1.54, 1.807) is 19.1 Å². The number of aryl methyl sites for hydroxylation is 2. The van der Waals surface area contributed by atoms with E-state index in [0.29, 0.717) is 23.9 Å². The molecule has 1 amide bonds. The van der Waals surface area contributed by atoms with Crippen LogP contribution in [0.4, 0.5) is 0 Å². The molecular formula is C19H22ClNO3. The van der Waals surface area contributed by atoms with E-state index in [1.807, 2.05) is 44.2 Å². The molecule has 128 valence electrons. The van der Waals surface area contributed by atoms with E-state index in [9.17, 15) is 4.79 Å². The van der Waals surface area contributed by atoms with Crippen molar-refractivity contribution in [2.75, 3.05) is 13.2 Å². The molecule has 1 N–H and O–H groups in total. The first kappa shape index (κ1) is 18.1. The SMILES string of the molecule is Cc1ccc(C)c(OCCNC(=O)[C@@H](C)Oc2ccccc2Cl)c1. The lowest BCUT2D eigenvalue weighted by Crippen LogP contribution is -2.38. The van der Waals surface area contributed by atoms with E-state index in [4.69, 9.17) is 21.1 Å². The second-order valence-corrected chi connectivity index (χ2v) is 6.01. The van der Waals surface area contributed by atoms with Crippen molar-refractivity contribution in [2.24, 2.45) is 0 Å². The van der Waals surface area contributed by atoms with Gasteiger partial charge in [-0.05, 0) is 50.1 Å². The Bertz CT molecular complexity index is 703. The van der Waals surface area contributed by atoms with Crippen LogP contribution in [0.1, 0.15) is 18.1 Å². The summed E-state index contributed by atoms with van der Waals surface area (Å²) in [5.74, 6) is 1.12. The molecule has 5 heteroatoms. The summed E-state index contributed by atoms with van der Waals surface area (Å²) in [6.45, 7) is 6.50. The average Bonchev–Trinajstić information content (AvgIpc) is 2.56. The maximum atomic E-state index is 12.1. The summed E-state index contributed by atoms with van der Waals surface area (Å²) in [6, 6.07) is 13.1. The minimum Gasteiger partial charge on any atom is -0.491 e. The second kappa shape index (κ2) is 8.60. The fourth-order valence-electron chi connectivity index (χ4n) is 2.13. The van der Waals surface area contributed by atoms with Gasteiger partial charge in [0.25, 0.3) is 5.91 Å². The molecule has 0 aromatic heterocycles. The Morgan fingerprint density at radius 1 is 1.17 bits per heavy atom. The molecular weight excluding hydrogens is 326 g/mol. The summed E-state index contributed by atoms with van der Waals surface area (Å²) in [5.41, 5.74) is 2.21. The summed E-state index contributed by atoms with van der Waals surface area (Å²) in [7, 11) is 0. The van der Waals surface area contributed by atoms with Gasteiger partial charge in [-0.3, -0.25) is 4.79 Å². The molecule has 0 aliphatic heterocycles. The van der Waals surface area contributed by atoms with Crippen molar-refractivity contribution in [2.45, 2.75) is 26.9 Å². The van der Waals surface area contributed by atoms with E-state index in [1.165, 1.54) is 0 Å². The van der Waals surface area contributed by atoms with Crippen LogP contribution in [0.15, 0.2) is 42.5 Å². The molecule has 0 saturated carbocycles. The zero-order valence-corrected chi connectivity index (χ0v) is 14.9. The van der Waals surface area contributed by atoms with Crippen molar-refractivity contribution in [3.05, 3.63) is 58.6 Å². The molecule has 2 rings (SSSR count). The number of amides is 1. The molecule has 0 radical (unpaired) electrons. The number of hydrogen-bond donors (Lipinski definition) is 1. The molecule has 24 heavy (non-hydrogen) atoms. The Balaban J connectivity index is 1.76. The van der Waals surface area contributed by atoms with Crippen LogP contribution in [0.2, 0.25) is 5.02 Å². The largest absolute Gasteiger partial charge is 0.491 e. The van der Waals surface area contributed by atoms with E-state index in [-0.39, 0.29) is 5.91 Å². The molecule has 0 aliphatic carbocycles. The zero-order valence-electron chi connectivity index (χ0n) is 14.1. The van der Waals surface area contributed by atoms with E-state index in [0.717, 1.165) is 16.9 Å². The van der Waals surface area contributed by atoms with Crippen LogP contribution in [-0.4, -0.2) is 25.2 Å². The van der Waals surface area contributed by atoms with Crippen molar-refractivity contribution in [3.63, 3.8) is 0 Å². The predicted octanol–water partition coefficient (Wildman–Crippen LogP) is 3.92. The number of rotatable bonds is 7. The van der Waals surface area contributed by atoms with E-state index < -0.39 is 6.10 Å². The number of nitrogens with one attached hydrogen (secondary N) is 1. The quantitative estimate of drug-likeness (QED) is 0.772. The van der Waals surface area contributed by atoms with Gasteiger partial charge in [0.15, 0.2) is 6.10 Å². The highest BCUT2D eigenvalue weighted by molar-refractivity contribution is 6.32. The van der Waals surface area contributed by atoms with E-state index in [2.05, 4.69) is 5.32 Å². The normalized spacial score (nSPS) is 11.7. The van der Waals surface area contributed by atoms with Crippen LogP contribution in [-0.2, 0) is 4.79 Å². The molecule has 0 heterocycles. The van der Waals surface area contributed by atoms with Crippen LogP contribution in [0.5, 0.6) is 11.5 Å². The van der Waals surface area contributed by atoms with Crippen LogP contribution in [0, 0.1) is 13.8 Å². The number of para-hydroxylation sites is 1. The third-order valence-electron chi connectivity index (χ3n) is 3.51. The van der Waals surface area contributed by atoms with Crippen molar-refractivity contribution >= 4 is 17.5 Å². The molecule has 0 unspecified atom stereocenters. The zero-order chi connectivity index (χ0) is 17.5.